The highest BCUT2D eigenvalue weighted by Crippen LogP contribution is 2.18. The summed E-state index contributed by atoms with van der Waals surface area (Å²) >= 11 is 0. The Kier molecular flexibility index (Phi) is 5.83. The number of carbonyl (C=O) groups excluding carboxylic acids is 1. The summed E-state index contributed by atoms with van der Waals surface area (Å²) in [5, 5.41) is 20.6. The minimum atomic E-state index is -0.727. The van der Waals surface area contributed by atoms with Crippen molar-refractivity contribution in [1.29, 1.82) is 5.26 Å². The van der Waals surface area contributed by atoms with Crippen LogP contribution in [0.2, 0.25) is 0 Å². The molecule has 0 aliphatic carbocycles. The lowest BCUT2D eigenvalue weighted by Crippen LogP contribution is -2.43. The van der Waals surface area contributed by atoms with Gasteiger partial charge in [0.1, 0.15) is 11.8 Å². The van der Waals surface area contributed by atoms with E-state index in [1.807, 2.05) is 13.0 Å². The molecule has 1 aromatic carbocycles. The predicted molar refractivity (Wildman–Crippen MR) is 70.6 cm³/mol. The van der Waals surface area contributed by atoms with E-state index in [9.17, 15) is 4.79 Å². The van der Waals surface area contributed by atoms with Gasteiger partial charge >= 0.3 is 0 Å². The summed E-state index contributed by atoms with van der Waals surface area (Å²) in [5.74, 6) is 0.0679. The molecule has 2 atom stereocenters. The number of hydrogen-bond donors (Lipinski definition) is 2. The van der Waals surface area contributed by atoms with E-state index in [0.717, 1.165) is 0 Å². The second-order valence-corrected chi connectivity index (χ2v) is 4.16. The van der Waals surface area contributed by atoms with Gasteiger partial charge in [0, 0.05) is 0 Å². The number of aliphatic hydroxyl groups is 1. The minimum Gasteiger partial charge on any atom is -0.480 e. The number of nitrogens with one attached hydrogen (secondary N) is 1. The van der Waals surface area contributed by atoms with Gasteiger partial charge in [0.15, 0.2) is 6.10 Å². The maximum absolute atomic E-state index is 11.8. The fraction of sp³-hybridized carbons (Fsp3) is 0.429. The zero-order valence-corrected chi connectivity index (χ0v) is 11.1. The lowest BCUT2D eigenvalue weighted by Gasteiger charge is -2.19. The van der Waals surface area contributed by atoms with Gasteiger partial charge in [-0.2, -0.15) is 5.26 Å². The fourth-order valence-electron chi connectivity index (χ4n) is 1.50. The van der Waals surface area contributed by atoms with Gasteiger partial charge in [-0.1, -0.05) is 19.1 Å². The Morgan fingerprint density at radius 3 is 2.79 bits per heavy atom. The highest BCUT2D eigenvalue weighted by molar-refractivity contribution is 5.81. The fourth-order valence-corrected chi connectivity index (χ4v) is 1.50. The molecule has 5 heteroatoms. The normalized spacial score (nSPS) is 13.2. The molecule has 0 aromatic heterocycles. The molecule has 1 unspecified atom stereocenters. The van der Waals surface area contributed by atoms with E-state index in [1.54, 1.807) is 31.2 Å². The molecule has 0 fully saturated rings. The summed E-state index contributed by atoms with van der Waals surface area (Å²) in [5.41, 5.74) is 0.386. The monoisotopic (exact) mass is 262 g/mol. The number of benzene rings is 1. The van der Waals surface area contributed by atoms with Gasteiger partial charge < -0.3 is 15.2 Å². The second-order valence-electron chi connectivity index (χ2n) is 4.16. The highest BCUT2D eigenvalue weighted by atomic mass is 16.5. The number of ether oxygens (including phenoxy) is 1. The van der Waals surface area contributed by atoms with Gasteiger partial charge in [-0.25, -0.2) is 0 Å². The third-order valence-corrected chi connectivity index (χ3v) is 2.74. The summed E-state index contributed by atoms with van der Waals surface area (Å²) < 4.78 is 5.47. The maximum atomic E-state index is 11.8. The molecule has 102 valence electrons. The SMILES string of the molecule is CC[C@@H](CO)NC(=O)C(C)Oc1ccccc1C#N. The van der Waals surface area contributed by atoms with Crippen molar-refractivity contribution >= 4 is 5.91 Å². The molecular formula is C14H18N2O3. The third kappa shape index (κ3) is 4.27. The molecule has 1 rings (SSSR count). The summed E-state index contributed by atoms with van der Waals surface area (Å²) in [6.07, 6.45) is -0.0842. The maximum Gasteiger partial charge on any atom is 0.261 e. The van der Waals surface area contributed by atoms with Gasteiger partial charge in [0.05, 0.1) is 18.2 Å². The van der Waals surface area contributed by atoms with Gasteiger partial charge in [-0.05, 0) is 25.5 Å². The first-order chi connectivity index (χ1) is 9.12. The van der Waals surface area contributed by atoms with Crippen LogP contribution in [0.5, 0.6) is 5.75 Å². The summed E-state index contributed by atoms with van der Waals surface area (Å²) in [4.78, 5) is 11.8. The van der Waals surface area contributed by atoms with Gasteiger partial charge in [0.25, 0.3) is 5.91 Å². The largest absolute Gasteiger partial charge is 0.480 e. The molecule has 0 radical (unpaired) electrons. The molecule has 0 saturated carbocycles. The lowest BCUT2D eigenvalue weighted by molar-refractivity contribution is -0.128. The number of rotatable bonds is 6. The molecule has 19 heavy (non-hydrogen) atoms. The Labute approximate surface area is 112 Å². The van der Waals surface area contributed by atoms with E-state index in [-0.39, 0.29) is 18.6 Å². The number of nitriles is 1. The van der Waals surface area contributed by atoms with Crippen molar-refractivity contribution in [3.05, 3.63) is 29.8 Å². The Morgan fingerprint density at radius 2 is 2.21 bits per heavy atom. The van der Waals surface area contributed by atoms with Crippen LogP contribution < -0.4 is 10.1 Å². The third-order valence-electron chi connectivity index (χ3n) is 2.74. The molecular weight excluding hydrogens is 244 g/mol. The predicted octanol–water partition coefficient (Wildman–Crippen LogP) is 1.21. The van der Waals surface area contributed by atoms with E-state index < -0.39 is 6.10 Å². The summed E-state index contributed by atoms with van der Waals surface area (Å²) in [6, 6.07) is 8.48. The molecule has 0 bridgehead atoms. The van der Waals surface area contributed by atoms with Crippen molar-refractivity contribution in [3.63, 3.8) is 0 Å². The van der Waals surface area contributed by atoms with E-state index in [1.165, 1.54) is 0 Å². The summed E-state index contributed by atoms with van der Waals surface area (Å²) in [6.45, 7) is 3.37. The molecule has 0 heterocycles. The first-order valence-electron chi connectivity index (χ1n) is 6.19. The average molecular weight is 262 g/mol. The molecule has 0 aliphatic rings. The quantitative estimate of drug-likeness (QED) is 0.807. The molecule has 2 N–H and O–H groups in total. The van der Waals surface area contributed by atoms with E-state index in [2.05, 4.69) is 5.32 Å². The number of hydrogen-bond acceptors (Lipinski definition) is 4. The first kappa shape index (κ1) is 15.0. The van der Waals surface area contributed by atoms with Crippen molar-refractivity contribution < 1.29 is 14.6 Å². The van der Waals surface area contributed by atoms with Crippen LogP contribution in [-0.4, -0.2) is 29.8 Å². The molecule has 0 saturated heterocycles. The molecule has 5 nitrogen and oxygen atoms in total. The minimum absolute atomic E-state index is 0.107. The van der Waals surface area contributed by atoms with Gasteiger partial charge in [-0.3, -0.25) is 4.79 Å². The van der Waals surface area contributed by atoms with Crippen LogP contribution in [0.3, 0.4) is 0 Å². The lowest BCUT2D eigenvalue weighted by atomic mass is 10.2. The van der Waals surface area contributed by atoms with E-state index in [0.29, 0.717) is 17.7 Å². The van der Waals surface area contributed by atoms with E-state index >= 15 is 0 Å². The standard InChI is InChI=1S/C14H18N2O3/c1-3-12(9-17)16-14(18)10(2)19-13-7-5-4-6-11(13)8-15/h4-7,10,12,17H,3,9H2,1-2H3,(H,16,18)/t10?,12-/m0/s1. The highest BCUT2D eigenvalue weighted by Gasteiger charge is 2.18. The Bertz CT molecular complexity index is 464. The average Bonchev–Trinajstić information content (AvgIpc) is 2.44. The van der Waals surface area contributed by atoms with E-state index in [4.69, 9.17) is 15.1 Å². The van der Waals surface area contributed by atoms with Crippen LogP contribution >= 0.6 is 0 Å². The number of amides is 1. The second kappa shape index (κ2) is 7.39. The Balaban J connectivity index is 2.66. The number of aliphatic hydroxyl groups excluding tert-OH is 1. The van der Waals surface area contributed by atoms with Crippen LogP contribution in [0.15, 0.2) is 24.3 Å². The van der Waals surface area contributed by atoms with Crippen molar-refractivity contribution in [2.75, 3.05) is 6.61 Å². The molecule has 1 amide bonds. The molecule has 1 aromatic rings. The van der Waals surface area contributed by atoms with Crippen molar-refractivity contribution in [1.82, 2.24) is 5.32 Å². The number of nitrogens with zero attached hydrogens (tertiary/aromatic N) is 1. The van der Waals surface area contributed by atoms with Crippen LogP contribution in [0.25, 0.3) is 0 Å². The zero-order valence-electron chi connectivity index (χ0n) is 11.1. The molecule has 0 spiro atoms. The van der Waals surface area contributed by atoms with Gasteiger partial charge in [-0.15, -0.1) is 0 Å². The summed E-state index contributed by atoms with van der Waals surface area (Å²) in [7, 11) is 0. The van der Waals surface area contributed by atoms with Crippen molar-refractivity contribution in [2.45, 2.75) is 32.4 Å². The van der Waals surface area contributed by atoms with Crippen LogP contribution in [-0.2, 0) is 4.79 Å². The number of para-hydroxylation sites is 1. The van der Waals surface area contributed by atoms with Gasteiger partial charge in [0.2, 0.25) is 0 Å². The molecule has 0 aliphatic heterocycles. The zero-order chi connectivity index (χ0) is 14.3. The van der Waals surface area contributed by atoms with Crippen LogP contribution in [0.4, 0.5) is 0 Å². The topological polar surface area (TPSA) is 82.3 Å². The smallest absolute Gasteiger partial charge is 0.261 e. The number of carbonyl (C=O) groups is 1. The van der Waals surface area contributed by atoms with Crippen molar-refractivity contribution in [3.8, 4) is 11.8 Å². The Hall–Kier alpha value is -2.06. The first-order valence-corrected chi connectivity index (χ1v) is 6.19. The van der Waals surface area contributed by atoms with Crippen LogP contribution in [0, 0.1) is 11.3 Å². The van der Waals surface area contributed by atoms with Crippen LogP contribution in [0.1, 0.15) is 25.8 Å². The van der Waals surface area contributed by atoms with Crippen molar-refractivity contribution in [2.24, 2.45) is 0 Å². The Morgan fingerprint density at radius 1 is 1.53 bits per heavy atom.